The average molecular weight is 325 g/mol. The van der Waals surface area contributed by atoms with E-state index in [1.165, 1.54) is 4.90 Å². The SMILES string of the molecule is O=C(c1cc(F)c(F)c(O)c1F)N1CCC(n2cccn2)CC1. The number of aromatic nitrogens is 2. The van der Waals surface area contributed by atoms with Crippen LogP contribution in [0.25, 0.3) is 0 Å². The highest BCUT2D eigenvalue weighted by Crippen LogP contribution is 2.28. The smallest absolute Gasteiger partial charge is 0.257 e. The van der Waals surface area contributed by atoms with E-state index in [0.717, 1.165) is 0 Å². The zero-order valence-corrected chi connectivity index (χ0v) is 12.0. The van der Waals surface area contributed by atoms with Crippen LogP contribution in [0.5, 0.6) is 5.75 Å². The molecule has 1 aromatic carbocycles. The number of hydrogen-bond acceptors (Lipinski definition) is 3. The summed E-state index contributed by atoms with van der Waals surface area (Å²) in [5.74, 6) is -6.84. The van der Waals surface area contributed by atoms with Gasteiger partial charge in [-0.1, -0.05) is 0 Å². The molecule has 2 heterocycles. The largest absolute Gasteiger partial charge is 0.503 e. The number of phenols is 1. The Labute approximate surface area is 129 Å². The van der Waals surface area contributed by atoms with E-state index >= 15 is 0 Å². The Kier molecular flexibility index (Phi) is 3.97. The first-order valence-electron chi connectivity index (χ1n) is 7.14. The van der Waals surface area contributed by atoms with Crippen LogP contribution in [-0.2, 0) is 0 Å². The summed E-state index contributed by atoms with van der Waals surface area (Å²) in [7, 11) is 0. The third-order valence-corrected chi connectivity index (χ3v) is 4.01. The van der Waals surface area contributed by atoms with Crippen molar-refractivity contribution < 1.29 is 23.1 Å². The van der Waals surface area contributed by atoms with Crippen molar-refractivity contribution in [3.05, 3.63) is 47.5 Å². The predicted molar refractivity (Wildman–Crippen MR) is 74.4 cm³/mol. The summed E-state index contributed by atoms with van der Waals surface area (Å²) in [5, 5.41) is 13.4. The van der Waals surface area contributed by atoms with Crippen molar-refractivity contribution in [1.29, 1.82) is 0 Å². The minimum absolute atomic E-state index is 0.136. The van der Waals surface area contributed by atoms with Crippen LogP contribution in [-0.4, -0.2) is 38.8 Å². The fourth-order valence-corrected chi connectivity index (χ4v) is 2.75. The number of halogens is 3. The molecule has 23 heavy (non-hydrogen) atoms. The summed E-state index contributed by atoms with van der Waals surface area (Å²) in [5.41, 5.74) is -0.668. The lowest BCUT2D eigenvalue weighted by atomic mass is 10.0. The molecule has 0 saturated carbocycles. The second-order valence-corrected chi connectivity index (χ2v) is 5.39. The van der Waals surface area contributed by atoms with Gasteiger partial charge >= 0.3 is 0 Å². The minimum Gasteiger partial charge on any atom is -0.503 e. The number of benzene rings is 1. The monoisotopic (exact) mass is 325 g/mol. The summed E-state index contributed by atoms with van der Waals surface area (Å²) < 4.78 is 42.0. The van der Waals surface area contributed by atoms with Crippen molar-refractivity contribution in [2.24, 2.45) is 0 Å². The summed E-state index contributed by atoms with van der Waals surface area (Å²) in [6, 6.07) is 2.42. The molecule has 0 radical (unpaired) electrons. The van der Waals surface area contributed by atoms with E-state index in [2.05, 4.69) is 5.10 Å². The highest BCUT2D eigenvalue weighted by Gasteiger charge is 2.29. The van der Waals surface area contributed by atoms with E-state index in [-0.39, 0.29) is 6.04 Å². The second-order valence-electron chi connectivity index (χ2n) is 5.39. The quantitative estimate of drug-likeness (QED) is 0.863. The number of hydrogen-bond donors (Lipinski definition) is 1. The van der Waals surface area contributed by atoms with Gasteiger partial charge in [0.05, 0.1) is 11.6 Å². The Morgan fingerprint density at radius 3 is 2.52 bits per heavy atom. The summed E-state index contributed by atoms with van der Waals surface area (Å²) in [6.07, 6.45) is 4.72. The van der Waals surface area contributed by atoms with Gasteiger partial charge in [0, 0.05) is 25.5 Å². The van der Waals surface area contributed by atoms with E-state index in [0.29, 0.717) is 32.0 Å². The highest BCUT2D eigenvalue weighted by atomic mass is 19.2. The zero-order chi connectivity index (χ0) is 16.6. The number of carbonyl (C=O) groups is 1. The van der Waals surface area contributed by atoms with Crippen molar-refractivity contribution >= 4 is 5.91 Å². The van der Waals surface area contributed by atoms with Crippen molar-refractivity contribution in [1.82, 2.24) is 14.7 Å². The third kappa shape index (κ3) is 2.76. The van der Waals surface area contributed by atoms with Crippen LogP contribution in [0.4, 0.5) is 13.2 Å². The first kappa shape index (κ1) is 15.4. The fraction of sp³-hybridized carbons (Fsp3) is 0.333. The van der Waals surface area contributed by atoms with E-state index in [9.17, 15) is 23.1 Å². The molecule has 0 bridgehead atoms. The lowest BCUT2D eigenvalue weighted by Gasteiger charge is -2.32. The van der Waals surface area contributed by atoms with Gasteiger partial charge in [-0.3, -0.25) is 9.48 Å². The first-order chi connectivity index (χ1) is 11.0. The lowest BCUT2D eigenvalue weighted by molar-refractivity contribution is 0.0683. The van der Waals surface area contributed by atoms with Gasteiger partial charge in [-0.05, 0) is 25.0 Å². The van der Waals surface area contributed by atoms with Crippen LogP contribution < -0.4 is 0 Å². The van der Waals surface area contributed by atoms with Gasteiger partial charge in [0.25, 0.3) is 5.91 Å². The average Bonchev–Trinajstić information content (AvgIpc) is 3.10. The van der Waals surface area contributed by atoms with Gasteiger partial charge < -0.3 is 10.0 Å². The zero-order valence-electron chi connectivity index (χ0n) is 12.0. The van der Waals surface area contributed by atoms with Gasteiger partial charge in [0.1, 0.15) is 0 Å². The van der Waals surface area contributed by atoms with E-state index in [1.807, 2.05) is 6.20 Å². The third-order valence-electron chi connectivity index (χ3n) is 4.01. The van der Waals surface area contributed by atoms with Gasteiger partial charge in [0.2, 0.25) is 5.82 Å². The maximum atomic E-state index is 13.8. The van der Waals surface area contributed by atoms with E-state index in [1.54, 1.807) is 16.9 Å². The summed E-state index contributed by atoms with van der Waals surface area (Å²) in [4.78, 5) is 13.6. The van der Waals surface area contributed by atoms with E-state index in [4.69, 9.17) is 0 Å². The fourth-order valence-electron chi connectivity index (χ4n) is 2.75. The molecule has 1 fully saturated rings. The molecule has 1 aromatic heterocycles. The van der Waals surface area contributed by atoms with Crippen molar-refractivity contribution in [3.8, 4) is 5.75 Å². The predicted octanol–water partition coefficient (Wildman–Crippen LogP) is 2.48. The maximum absolute atomic E-state index is 13.8. The van der Waals surface area contributed by atoms with Crippen LogP contribution >= 0.6 is 0 Å². The van der Waals surface area contributed by atoms with Crippen molar-refractivity contribution in [2.75, 3.05) is 13.1 Å². The lowest BCUT2D eigenvalue weighted by Crippen LogP contribution is -2.39. The molecule has 1 aliphatic heterocycles. The topological polar surface area (TPSA) is 58.4 Å². The van der Waals surface area contributed by atoms with Crippen molar-refractivity contribution in [3.63, 3.8) is 0 Å². The summed E-state index contributed by atoms with van der Waals surface area (Å²) in [6.45, 7) is 0.672. The Balaban J connectivity index is 1.75. The molecule has 8 heteroatoms. The normalized spacial score (nSPS) is 15.9. The van der Waals surface area contributed by atoms with Crippen LogP contribution in [0.3, 0.4) is 0 Å². The Hall–Kier alpha value is -2.51. The molecule has 2 aromatic rings. The Morgan fingerprint density at radius 1 is 1.22 bits per heavy atom. The molecule has 122 valence electrons. The van der Waals surface area contributed by atoms with Crippen LogP contribution in [0.15, 0.2) is 24.5 Å². The van der Waals surface area contributed by atoms with E-state index < -0.39 is 34.7 Å². The Morgan fingerprint density at radius 2 is 1.91 bits per heavy atom. The maximum Gasteiger partial charge on any atom is 0.257 e. The first-order valence-corrected chi connectivity index (χ1v) is 7.14. The molecule has 1 N–H and O–H groups in total. The number of nitrogens with zero attached hydrogens (tertiary/aromatic N) is 3. The number of likely N-dealkylation sites (tertiary alicyclic amines) is 1. The molecule has 3 rings (SSSR count). The second kappa shape index (κ2) is 5.94. The van der Waals surface area contributed by atoms with Crippen molar-refractivity contribution in [2.45, 2.75) is 18.9 Å². The molecule has 1 amide bonds. The van der Waals surface area contributed by atoms with Crippen LogP contribution in [0.1, 0.15) is 29.2 Å². The number of amides is 1. The van der Waals surface area contributed by atoms with Gasteiger partial charge in [0.15, 0.2) is 17.4 Å². The molecule has 1 saturated heterocycles. The molecule has 5 nitrogen and oxygen atoms in total. The van der Waals surface area contributed by atoms with Gasteiger partial charge in [-0.25, -0.2) is 8.78 Å². The molecule has 0 spiro atoms. The minimum atomic E-state index is -1.70. The molecule has 0 aliphatic carbocycles. The molecule has 0 atom stereocenters. The number of carbonyl (C=O) groups excluding carboxylic acids is 1. The molecule has 0 unspecified atom stereocenters. The standard InChI is InChI=1S/C15H14F3N3O2/c16-11-8-10(12(17)14(22)13(11)18)15(23)20-6-2-9(3-7-20)21-5-1-4-19-21/h1,4-5,8-9,22H,2-3,6-7H2. The number of piperidine rings is 1. The summed E-state index contributed by atoms with van der Waals surface area (Å²) >= 11 is 0. The van der Waals surface area contributed by atoms with Gasteiger partial charge in [-0.2, -0.15) is 9.49 Å². The number of phenolic OH excluding ortho intramolecular Hbond substituents is 1. The molecule has 1 aliphatic rings. The molecular weight excluding hydrogens is 311 g/mol. The number of rotatable bonds is 2. The van der Waals surface area contributed by atoms with Crippen LogP contribution in [0, 0.1) is 17.5 Å². The van der Waals surface area contributed by atoms with Crippen LogP contribution in [0.2, 0.25) is 0 Å². The highest BCUT2D eigenvalue weighted by molar-refractivity contribution is 5.95. The Bertz CT molecular complexity index is 726. The van der Waals surface area contributed by atoms with Gasteiger partial charge in [-0.15, -0.1) is 0 Å². The molecular formula is C15H14F3N3O2. The number of aromatic hydroxyl groups is 1.